The van der Waals surface area contributed by atoms with Crippen LogP contribution in [0.4, 0.5) is 5.69 Å². The number of aromatic nitrogens is 1. The molecule has 140 valence electrons. The molecule has 1 aliphatic rings. The van der Waals surface area contributed by atoms with Gasteiger partial charge in [0.2, 0.25) is 0 Å². The maximum atomic E-state index is 12.9. The number of anilines is 1. The number of hydrazone groups is 1. The Balaban J connectivity index is 1.74. The van der Waals surface area contributed by atoms with Crippen molar-refractivity contribution in [1.82, 2.24) is 5.16 Å². The number of ether oxygens (including phenoxy) is 1. The third-order valence-electron chi connectivity index (χ3n) is 4.47. The van der Waals surface area contributed by atoms with Crippen molar-refractivity contribution >= 4 is 23.4 Å². The highest BCUT2D eigenvalue weighted by molar-refractivity contribution is 6.32. The molecule has 0 fully saturated rings. The highest BCUT2D eigenvalue weighted by atomic mass is 16.5. The topological polar surface area (TPSA) is 87.9 Å². The molecule has 3 aromatic rings. The van der Waals surface area contributed by atoms with Crippen LogP contribution >= 0.6 is 0 Å². The maximum Gasteiger partial charge on any atom is 0.365 e. The first-order valence-electron chi connectivity index (χ1n) is 8.61. The molecular formula is C21H17N3O4. The Morgan fingerprint density at radius 2 is 1.79 bits per heavy atom. The Morgan fingerprint density at radius 1 is 1.07 bits per heavy atom. The zero-order chi connectivity index (χ0) is 19.7. The standard InChI is InChI=1S/C21H17N3O4/c1-13-17(20(25)24(22-13)15-6-4-3-5-7-15)12-18-19(23-28-21(18)26)14-8-10-16(27-2)11-9-14/h3-12,23H,1-2H3. The summed E-state index contributed by atoms with van der Waals surface area (Å²) in [6, 6.07) is 16.3. The number of nitrogens with zero attached hydrogens (tertiary/aromatic N) is 2. The van der Waals surface area contributed by atoms with Crippen LogP contribution < -0.4 is 15.4 Å². The number of rotatable bonds is 4. The van der Waals surface area contributed by atoms with Gasteiger partial charge >= 0.3 is 5.63 Å². The maximum absolute atomic E-state index is 12.9. The Bertz CT molecular complexity index is 1140. The van der Waals surface area contributed by atoms with Gasteiger partial charge in [-0.05, 0) is 49.4 Å². The van der Waals surface area contributed by atoms with Gasteiger partial charge in [-0.1, -0.05) is 18.2 Å². The molecule has 0 atom stereocenters. The monoisotopic (exact) mass is 375 g/mol. The van der Waals surface area contributed by atoms with E-state index in [9.17, 15) is 9.59 Å². The van der Waals surface area contributed by atoms with Crippen molar-refractivity contribution in [2.24, 2.45) is 5.10 Å². The van der Waals surface area contributed by atoms with Crippen molar-refractivity contribution in [1.29, 1.82) is 0 Å². The minimum atomic E-state index is -0.558. The van der Waals surface area contributed by atoms with Crippen molar-refractivity contribution in [3.8, 4) is 17.0 Å². The summed E-state index contributed by atoms with van der Waals surface area (Å²) in [6.45, 7) is 1.73. The molecule has 7 nitrogen and oxygen atoms in total. The van der Waals surface area contributed by atoms with E-state index in [0.717, 1.165) is 5.56 Å². The van der Waals surface area contributed by atoms with Gasteiger partial charge in [0.05, 0.1) is 35.3 Å². The third kappa shape index (κ3) is 3.03. The number of nitrogens with one attached hydrogen (secondary N) is 1. The summed E-state index contributed by atoms with van der Waals surface area (Å²) >= 11 is 0. The van der Waals surface area contributed by atoms with Gasteiger partial charge in [-0.15, -0.1) is 0 Å². The predicted molar refractivity (Wildman–Crippen MR) is 106 cm³/mol. The number of benzene rings is 2. The molecule has 28 heavy (non-hydrogen) atoms. The fourth-order valence-electron chi connectivity index (χ4n) is 2.99. The Hall–Kier alpha value is -3.87. The second-order valence-electron chi connectivity index (χ2n) is 6.20. The highest BCUT2D eigenvalue weighted by Gasteiger charge is 2.29. The highest BCUT2D eigenvalue weighted by Crippen LogP contribution is 2.27. The van der Waals surface area contributed by atoms with Crippen molar-refractivity contribution < 1.29 is 14.1 Å². The first-order chi connectivity index (χ1) is 13.6. The Morgan fingerprint density at radius 3 is 2.46 bits per heavy atom. The van der Waals surface area contributed by atoms with Gasteiger partial charge < -0.3 is 9.26 Å². The molecule has 0 aliphatic carbocycles. The second-order valence-corrected chi connectivity index (χ2v) is 6.20. The zero-order valence-corrected chi connectivity index (χ0v) is 15.3. The average Bonchev–Trinajstić information content (AvgIpc) is 3.23. The normalized spacial score (nSPS) is 15.2. The largest absolute Gasteiger partial charge is 0.497 e. The number of aromatic amines is 1. The van der Waals surface area contributed by atoms with Crippen molar-refractivity contribution in [3.63, 3.8) is 0 Å². The van der Waals surface area contributed by atoms with Crippen LogP contribution in [0.3, 0.4) is 0 Å². The number of hydrogen-bond donors (Lipinski definition) is 1. The molecule has 0 saturated carbocycles. The quantitative estimate of drug-likeness (QED) is 0.708. The van der Waals surface area contributed by atoms with Gasteiger partial charge in [-0.3, -0.25) is 4.79 Å². The van der Waals surface area contributed by atoms with E-state index in [1.165, 1.54) is 11.1 Å². The van der Waals surface area contributed by atoms with E-state index < -0.39 is 5.63 Å². The van der Waals surface area contributed by atoms with Crippen molar-refractivity contribution in [2.45, 2.75) is 6.92 Å². The second kappa shape index (κ2) is 7.03. The number of amides is 1. The molecule has 1 N–H and O–H groups in total. The lowest BCUT2D eigenvalue weighted by molar-refractivity contribution is -0.114. The van der Waals surface area contributed by atoms with E-state index in [2.05, 4.69) is 10.3 Å². The lowest BCUT2D eigenvalue weighted by Crippen LogP contribution is -2.21. The number of carbonyl (C=O) groups excluding carboxylic acids is 1. The molecule has 0 radical (unpaired) electrons. The fraction of sp³-hybridized carbons (Fsp3) is 0.0952. The van der Waals surface area contributed by atoms with Gasteiger partial charge in [0.1, 0.15) is 5.75 Å². The lowest BCUT2D eigenvalue weighted by Gasteiger charge is -2.10. The van der Waals surface area contributed by atoms with Crippen LogP contribution in [-0.4, -0.2) is 23.9 Å². The van der Waals surface area contributed by atoms with Crippen LogP contribution in [0.15, 0.2) is 74.6 Å². The summed E-state index contributed by atoms with van der Waals surface area (Å²) in [5, 5.41) is 8.29. The molecule has 1 aliphatic heterocycles. The van der Waals surface area contributed by atoms with Crippen LogP contribution in [0, 0.1) is 0 Å². The summed E-state index contributed by atoms with van der Waals surface area (Å²) in [5.74, 6) is 0.395. The molecule has 0 spiro atoms. The first-order valence-corrected chi connectivity index (χ1v) is 8.61. The predicted octanol–water partition coefficient (Wildman–Crippen LogP) is 3.45. The number of hydrogen-bond acceptors (Lipinski definition) is 5. The van der Waals surface area contributed by atoms with Gasteiger partial charge in [-0.25, -0.2) is 9.95 Å². The van der Waals surface area contributed by atoms with Gasteiger partial charge in [0.25, 0.3) is 5.91 Å². The molecule has 2 aromatic carbocycles. The molecule has 4 rings (SSSR count). The molecular weight excluding hydrogens is 358 g/mol. The van der Waals surface area contributed by atoms with Crippen LogP contribution in [-0.2, 0) is 4.79 Å². The van der Waals surface area contributed by atoms with Crippen LogP contribution in [0.25, 0.3) is 17.3 Å². The summed E-state index contributed by atoms with van der Waals surface area (Å²) in [5.41, 5.74) is 2.44. The summed E-state index contributed by atoms with van der Waals surface area (Å²) in [6.07, 6.45) is 1.52. The van der Waals surface area contributed by atoms with E-state index in [0.29, 0.717) is 28.4 Å². The van der Waals surface area contributed by atoms with Crippen molar-refractivity contribution in [3.05, 3.63) is 76.2 Å². The SMILES string of the molecule is COc1ccc(-c2[nH]oc(=O)c2C=C2C(=O)N(c3ccccc3)N=C2C)cc1. The Labute approximate surface area is 160 Å². The van der Waals surface area contributed by atoms with E-state index in [4.69, 9.17) is 9.26 Å². The smallest absolute Gasteiger partial charge is 0.365 e. The molecule has 7 heteroatoms. The molecule has 0 unspecified atom stereocenters. The van der Waals surface area contributed by atoms with E-state index in [1.54, 1.807) is 50.4 Å². The fourth-order valence-corrected chi connectivity index (χ4v) is 2.99. The number of H-pyrrole nitrogens is 1. The zero-order valence-electron chi connectivity index (χ0n) is 15.3. The molecule has 0 saturated heterocycles. The average molecular weight is 375 g/mol. The number of carbonyl (C=O) groups is 1. The van der Waals surface area contributed by atoms with Crippen LogP contribution in [0.5, 0.6) is 5.75 Å². The Kier molecular flexibility index (Phi) is 4.41. The summed E-state index contributed by atoms with van der Waals surface area (Å²) < 4.78 is 10.1. The first kappa shape index (κ1) is 17.5. The van der Waals surface area contributed by atoms with Crippen molar-refractivity contribution in [2.75, 3.05) is 12.1 Å². The molecule has 2 heterocycles. The number of para-hydroxylation sites is 1. The number of methoxy groups -OCH3 is 1. The molecule has 1 amide bonds. The minimum absolute atomic E-state index is 0.262. The van der Waals surface area contributed by atoms with Crippen LogP contribution in [0.2, 0.25) is 0 Å². The van der Waals surface area contributed by atoms with E-state index >= 15 is 0 Å². The van der Waals surface area contributed by atoms with Gasteiger partial charge in [0, 0.05) is 5.56 Å². The van der Waals surface area contributed by atoms with Gasteiger partial charge in [-0.2, -0.15) is 10.1 Å². The van der Waals surface area contributed by atoms with E-state index in [1.807, 2.05) is 18.2 Å². The molecule has 1 aromatic heterocycles. The van der Waals surface area contributed by atoms with Crippen LogP contribution in [0.1, 0.15) is 12.5 Å². The minimum Gasteiger partial charge on any atom is -0.497 e. The lowest BCUT2D eigenvalue weighted by atomic mass is 10.0. The molecule has 0 bridgehead atoms. The summed E-state index contributed by atoms with van der Waals surface area (Å²) in [4.78, 5) is 25.1. The van der Waals surface area contributed by atoms with Gasteiger partial charge in [0.15, 0.2) is 0 Å². The van der Waals surface area contributed by atoms with E-state index in [-0.39, 0.29) is 11.5 Å². The summed E-state index contributed by atoms with van der Waals surface area (Å²) in [7, 11) is 1.58. The third-order valence-corrected chi connectivity index (χ3v) is 4.47.